The molecule has 0 radical (unpaired) electrons. The molecule has 0 saturated heterocycles. The standard InChI is InChI=1S/C14H20N2O3S/c15-12(11-6-3-7-20-11)13(17)16-8-9-4-1-2-5-10(9)14(18)19/h3,6-7,9-10,12H,1-2,4-5,8,15H2,(H,16,17)(H,18,19). The second kappa shape index (κ2) is 6.85. The van der Waals surface area contributed by atoms with Gasteiger partial charge in [-0.25, -0.2) is 0 Å². The van der Waals surface area contributed by atoms with Crippen LogP contribution in [0.4, 0.5) is 0 Å². The maximum Gasteiger partial charge on any atom is 0.306 e. The number of carbonyl (C=O) groups is 2. The summed E-state index contributed by atoms with van der Waals surface area (Å²) in [6.45, 7) is 0.398. The molecule has 3 unspecified atom stereocenters. The molecule has 1 heterocycles. The first-order valence-electron chi connectivity index (χ1n) is 6.89. The summed E-state index contributed by atoms with van der Waals surface area (Å²) < 4.78 is 0. The molecule has 4 N–H and O–H groups in total. The molecule has 1 aliphatic rings. The summed E-state index contributed by atoms with van der Waals surface area (Å²) in [5.74, 6) is -1.32. The van der Waals surface area contributed by atoms with Crippen LogP contribution in [0.3, 0.4) is 0 Å². The average Bonchev–Trinajstić information content (AvgIpc) is 2.98. The van der Waals surface area contributed by atoms with Crippen LogP contribution in [0, 0.1) is 11.8 Å². The quantitative estimate of drug-likeness (QED) is 0.772. The van der Waals surface area contributed by atoms with E-state index in [2.05, 4.69) is 5.32 Å². The first kappa shape index (κ1) is 15.0. The van der Waals surface area contributed by atoms with Crippen molar-refractivity contribution in [2.45, 2.75) is 31.7 Å². The van der Waals surface area contributed by atoms with Crippen LogP contribution in [-0.2, 0) is 9.59 Å². The van der Waals surface area contributed by atoms with E-state index in [-0.39, 0.29) is 17.7 Å². The SMILES string of the molecule is NC(C(=O)NCC1CCCCC1C(=O)O)c1cccs1. The van der Waals surface area contributed by atoms with Gasteiger partial charge in [0.2, 0.25) is 5.91 Å². The van der Waals surface area contributed by atoms with Gasteiger partial charge < -0.3 is 16.2 Å². The Bertz CT molecular complexity index is 461. The molecule has 1 aromatic rings. The van der Waals surface area contributed by atoms with Crippen molar-refractivity contribution in [1.82, 2.24) is 5.32 Å². The monoisotopic (exact) mass is 296 g/mol. The van der Waals surface area contributed by atoms with Crippen LogP contribution in [0.2, 0.25) is 0 Å². The molecule has 0 aliphatic heterocycles. The third-order valence-corrected chi connectivity index (χ3v) is 4.85. The highest BCUT2D eigenvalue weighted by molar-refractivity contribution is 7.10. The van der Waals surface area contributed by atoms with Gasteiger partial charge >= 0.3 is 5.97 Å². The number of nitrogens with one attached hydrogen (secondary N) is 1. The lowest BCUT2D eigenvalue weighted by atomic mass is 9.79. The van der Waals surface area contributed by atoms with Gasteiger partial charge in [0.05, 0.1) is 5.92 Å². The Morgan fingerprint density at radius 3 is 2.85 bits per heavy atom. The van der Waals surface area contributed by atoms with Crippen LogP contribution in [-0.4, -0.2) is 23.5 Å². The smallest absolute Gasteiger partial charge is 0.306 e. The zero-order valence-electron chi connectivity index (χ0n) is 11.2. The van der Waals surface area contributed by atoms with Gasteiger partial charge in [0.15, 0.2) is 0 Å². The summed E-state index contributed by atoms with van der Waals surface area (Å²) in [6.07, 6.45) is 3.54. The lowest BCUT2D eigenvalue weighted by Gasteiger charge is -2.28. The van der Waals surface area contributed by atoms with Crippen LogP contribution in [0.25, 0.3) is 0 Å². The minimum absolute atomic E-state index is 0.0146. The van der Waals surface area contributed by atoms with Gasteiger partial charge in [-0.2, -0.15) is 0 Å². The van der Waals surface area contributed by atoms with Crippen molar-refractivity contribution in [3.8, 4) is 0 Å². The van der Waals surface area contributed by atoms with Gasteiger partial charge in [0.25, 0.3) is 0 Å². The number of hydrogen-bond acceptors (Lipinski definition) is 4. The van der Waals surface area contributed by atoms with Crippen molar-refractivity contribution in [2.75, 3.05) is 6.54 Å². The Hall–Kier alpha value is -1.40. The van der Waals surface area contributed by atoms with E-state index in [4.69, 9.17) is 5.73 Å². The predicted molar refractivity (Wildman–Crippen MR) is 77.3 cm³/mol. The molecule has 0 aromatic carbocycles. The van der Waals surface area contributed by atoms with Crippen molar-refractivity contribution in [3.05, 3.63) is 22.4 Å². The Balaban J connectivity index is 1.87. The van der Waals surface area contributed by atoms with Gasteiger partial charge in [-0.3, -0.25) is 9.59 Å². The number of thiophene rings is 1. The van der Waals surface area contributed by atoms with E-state index in [1.165, 1.54) is 11.3 Å². The number of carbonyl (C=O) groups excluding carboxylic acids is 1. The summed E-state index contributed by atoms with van der Waals surface area (Å²) in [5, 5.41) is 13.9. The Labute approximate surface area is 122 Å². The summed E-state index contributed by atoms with van der Waals surface area (Å²) >= 11 is 1.45. The number of carboxylic acids is 1. The Kier molecular flexibility index (Phi) is 5.14. The first-order chi connectivity index (χ1) is 9.59. The van der Waals surface area contributed by atoms with E-state index in [0.717, 1.165) is 24.1 Å². The van der Waals surface area contributed by atoms with E-state index in [1.807, 2.05) is 17.5 Å². The molecule has 5 nitrogen and oxygen atoms in total. The van der Waals surface area contributed by atoms with Crippen LogP contribution in [0.15, 0.2) is 17.5 Å². The summed E-state index contributed by atoms with van der Waals surface area (Å²) in [5.41, 5.74) is 5.88. The molecule has 0 bridgehead atoms. The fraction of sp³-hybridized carbons (Fsp3) is 0.571. The van der Waals surface area contributed by atoms with E-state index in [1.54, 1.807) is 0 Å². The zero-order valence-corrected chi connectivity index (χ0v) is 12.1. The Morgan fingerprint density at radius 2 is 2.20 bits per heavy atom. The lowest BCUT2D eigenvalue weighted by Crippen LogP contribution is -2.40. The molecule has 0 spiro atoms. The van der Waals surface area contributed by atoms with Crippen molar-refractivity contribution in [1.29, 1.82) is 0 Å². The third-order valence-electron chi connectivity index (χ3n) is 3.90. The highest BCUT2D eigenvalue weighted by Crippen LogP contribution is 2.29. The maximum atomic E-state index is 12.0. The molecule has 6 heteroatoms. The predicted octanol–water partition coefficient (Wildman–Crippen LogP) is 1.76. The van der Waals surface area contributed by atoms with E-state index in [0.29, 0.717) is 13.0 Å². The number of amides is 1. The molecule has 20 heavy (non-hydrogen) atoms. The second-order valence-corrected chi connectivity index (χ2v) is 6.21. The molecule has 1 amide bonds. The number of nitrogens with two attached hydrogens (primary N) is 1. The largest absolute Gasteiger partial charge is 0.481 e. The number of hydrogen-bond donors (Lipinski definition) is 3. The maximum absolute atomic E-state index is 12.0. The molecular formula is C14H20N2O3S. The molecular weight excluding hydrogens is 276 g/mol. The van der Waals surface area contributed by atoms with E-state index >= 15 is 0 Å². The molecule has 110 valence electrons. The topological polar surface area (TPSA) is 92.4 Å². The van der Waals surface area contributed by atoms with Crippen molar-refractivity contribution < 1.29 is 14.7 Å². The Morgan fingerprint density at radius 1 is 1.45 bits per heavy atom. The van der Waals surface area contributed by atoms with Crippen LogP contribution >= 0.6 is 11.3 Å². The molecule has 3 atom stereocenters. The molecule has 1 aromatic heterocycles. The fourth-order valence-electron chi connectivity index (χ4n) is 2.72. The van der Waals surface area contributed by atoms with Crippen LogP contribution < -0.4 is 11.1 Å². The highest BCUT2D eigenvalue weighted by atomic mass is 32.1. The van der Waals surface area contributed by atoms with Crippen LogP contribution in [0.5, 0.6) is 0 Å². The zero-order chi connectivity index (χ0) is 14.5. The molecule has 1 saturated carbocycles. The first-order valence-corrected chi connectivity index (χ1v) is 7.77. The minimum atomic E-state index is -0.758. The van der Waals surface area contributed by atoms with E-state index in [9.17, 15) is 14.7 Å². The summed E-state index contributed by atoms with van der Waals surface area (Å²) in [6, 6.07) is 3.02. The fourth-order valence-corrected chi connectivity index (χ4v) is 3.44. The molecule has 1 fully saturated rings. The third kappa shape index (κ3) is 3.58. The van der Waals surface area contributed by atoms with Gasteiger partial charge in [-0.15, -0.1) is 11.3 Å². The van der Waals surface area contributed by atoms with Gasteiger partial charge in [-0.1, -0.05) is 18.9 Å². The molecule has 2 rings (SSSR count). The van der Waals surface area contributed by atoms with Gasteiger partial charge in [0, 0.05) is 11.4 Å². The number of rotatable bonds is 5. The lowest BCUT2D eigenvalue weighted by molar-refractivity contribution is -0.145. The molecule has 1 aliphatic carbocycles. The second-order valence-electron chi connectivity index (χ2n) is 5.23. The average molecular weight is 296 g/mol. The van der Waals surface area contributed by atoms with Crippen molar-refractivity contribution >= 4 is 23.2 Å². The van der Waals surface area contributed by atoms with Gasteiger partial charge in [0.1, 0.15) is 6.04 Å². The highest BCUT2D eigenvalue weighted by Gasteiger charge is 2.31. The van der Waals surface area contributed by atoms with Gasteiger partial charge in [-0.05, 0) is 30.2 Å². The van der Waals surface area contributed by atoms with E-state index < -0.39 is 12.0 Å². The summed E-state index contributed by atoms with van der Waals surface area (Å²) in [4.78, 5) is 24.0. The minimum Gasteiger partial charge on any atom is -0.481 e. The van der Waals surface area contributed by atoms with Crippen molar-refractivity contribution in [3.63, 3.8) is 0 Å². The van der Waals surface area contributed by atoms with Crippen LogP contribution in [0.1, 0.15) is 36.6 Å². The summed E-state index contributed by atoms with van der Waals surface area (Å²) in [7, 11) is 0. The number of aliphatic carboxylic acids is 1. The number of carboxylic acid groups (broad SMARTS) is 1. The van der Waals surface area contributed by atoms with Crippen molar-refractivity contribution in [2.24, 2.45) is 17.6 Å². The normalized spacial score (nSPS) is 24.1.